The van der Waals surface area contributed by atoms with Crippen LogP contribution in [0.1, 0.15) is 23.1 Å². The molecule has 2 rings (SSSR count). The first-order valence-corrected chi connectivity index (χ1v) is 4.69. The van der Waals surface area contributed by atoms with E-state index in [-0.39, 0.29) is 5.97 Å². The van der Waals surface area contributed by atoms with Gasteiger partial charge >= 0.3 is 5.97 Å². The fraction of sp³-hybridized carbons (Fsp3) is 0.300. The highest BCUT2D eigenvalue weighted by Crippen LogP contribution is 2.15. The third-order valence-electron chi connectivity index (χ3n) is 2.01. The van der Waals surface area contributed by atoms with Gasteiger partial charge in [-0.25, -0.2) is 9.78 Å². The topological polar surface area (TPSA) is 67.9 Å². The Morgan fingerprint density at radius 2 is 2.33 bits per heavy atom. The Balaban J connectivity index is 2.55. The predicted molar refractivity (Wildman–Crippen MR) is 54.6 cm³/mol. The fourth-order valence-electron chi connectivity index (χ4n) is 1.41. The molecule has 0 aliphatic heterocycles. The lowest BCUT2D eigenvalue weighted by molar-refractivity contribution is 0.0528. The molecule has 0 bridgehead atoms. The van der Waals surface area contributed by atoms with Gasteiger partial charge in [0, 0.05) is 6.20 Å². The second-order valence-corrected chi connectivity index (χ2v) is 3.13. The summed E-state index contributed by atoms with van der Waals surface area (Å²) in [6.07, 6.45) is 3.11. The number of carbonyl (C=O) groups excluding carboxylic acids is 1. The summed E-state index contributed by atoms with van der Waals surface area (Å²) in [6, 6.07) is 0. The number of fused-ring (bicyclic) bond motifs is 1. The molecule has 1 N–H and O–H groups in total. The van der Waals surface area contributed by atoms with Crippen molar-refractivity contribution in [1.29, 1.82) is 0 Å². The number of pyridine rings is 1. The van der Waals surface area contributed by atoms with Crippen LogP contribution in [0.2, 0.25) is 0 Å². The minimum Gasteiger partial charge on any atom is -0.462 e. The molecule has 0 spiro atoms. The van der Waals surface area contributed by atoms with Gasteiger partial charge in [0.15, 0.2) is 0 Å². The largest absolute Gasteiger partial charge is 0.462 e. The van der Waals surface area contributed by atoms with E-state index < -0.39 is 0 Å². The normalized spacial score (nSPS) is 10.5. The van der Waals surface area contributed by atoms with E-state index in [1.165, 1.54) is 6.20 Å². The van der Waals surface area contributed by atoms with Gasteiger partial charge in [-0.2, -0.15) is 0 Å². The van der Waals surface area contributed by atoms with E-state index in [1.54, 1.807) is 13.1 Å². The van der Waals surface area contributed by atoms with Crippen LogP contribution in [-0.2, 0) is 4.74 Å². The Bertz CT molecular complexity index is 504. The summed E-state index contributed by atoms with van der Waals surface area (Å²) in [5, 5.41) is 0. The average Bonchev–Trinajstić information content (AvgIpc) is 2.57. The minimum atomic E-state index is -0.387. The molecule has 5 nitrogen and oxygen atoms in total. The van der Waals surface area contributed by atoms with Crippen LogP contribution in [0.3, 0.4) is 0 Å². The lowest BCUT2D eigenvalue weighted by Crippen LogP contribution is -2.05. The number of rotatable bonds is 2. The average molecular weight is 205 g/mol. The Morgan fingerprint density at radius 1 is 1.53 bits per heavy atom. The van der Waals surface area contributed by atoms with E-state index in [0.717, 1.165) is 11.3 Å². The van der Waals surface area contributed by atoms with Crippen LogP contribution in [0.5, 0.6) is 0 Å². The van der Waals surface area contributed by atoms with Crippen LogP contribution >= 0.6 is 0 Å². The number of hydrogen-bond donors (Lipinski definition) is 1. The van der Waals surface area contributed by atoms with Gasteiger partial charge in [0.2, 0.25) is 0 Å². The molecule has 2 heterocycles. The Hall–Kier alpha value is -1.91. The molecule has 0 amide bonds. The SMILES string of the molecule is CCOC(=O)c1cncc2[nH]c(C)nc12. The summed E-state index contributed by atoms with van der Waals surface area (Å²) < 4.78 is 4.91. The van der Waals surface area contributed by atoms with Crippen LogP contribution in [0, 0.1) is 6.92 Å². The van der Waals surface area contributed by atoms with Crippen LogP contribution < -0.4 is 0 Å². The van der Waals surface area contributed by atoms with E-state index in [0.29, 0.717) is 17.7 Å². The Labute approximate surface area is 86.5 Å². The number of H-pyrrole nitrogens is 1. The van der Waals surface area contributed by atoms with Crippen molar-refractivity contribution in [2.75, 3.05) is 6.61 Å². The smallest absolute Gasteiger partial charge is 0.341 e. The lowest BCUT2D eigenvalue weighted by atomic mass is 10.2. The van der Waals surface area contributed by atoms with Crippen molar-refractivity contribution in [1.82, 2.24) is 15.0 Å². The molecule has 0 aliphatic rings. The second kappa shape index (κ2) is 3.68. The van der Waals surface area contributed by atoms with Crippen molar-refractivity contribution in [3.8, 4) is 0 Å². The first-order valence-electron chi connectivity index (χ1n) is 4.69. The van der Waals surface area contributed by atoms with Crippen LogP contribution in [0.4, 0.5) is 0 Å². The standard InChI is InChI=1S/C10H11N3O2/c1-3-15-10(14)7-4-11-5-8-9(7)13-6(2)12-8/h4-5H,3H2,1-2H3,(H,12,13). The molecule has 0 fully saturated rings. The third kappa shape index (κ3) is 1.68. The summed E-state index contributed by atoms with van der Waals surface area (Å²) >= 11 is 0. The minimum absolute atomic E-state index is 0.346. The molecule has 0 radical (unpaired) electrons. The van der Waals surface area contributed by atoms with Crippen molar-refractivity contribution >= 4 is 17.0 Å². The van der Waals surface area contributed by atoms with Crippen LogP contribution in [0.15, 0.2) is 12.4 Å². The van der Waals surface area contributed by atoms with Gasteiger partial charge in [0.1, 0.15) is 16.9 Å². The number of esters is 1. The zero-order valence-electron chi connectivity index (χ0n) is 8.57. The first-order chi connectivity index (χ1) is 7.22. The number of carbonyl (C=O) groups is 1. The van der Waals surface area contributed by atoms with Gasteiger partial charge in [-0.15, -0.1) is 0 Å². The highest BCUT2D eigenvalue weighted by molar-refractivity contribution is 6.01. The molecule has 2 aromatic heterocycles. The van der Waals surface area contributed by atoms with Gasteiger partial charge in [0.05, 0.1) is 18.3 Å². The zero-order valence-corrected chi connectivity index (χ0v) is 8.57. The molecule has 78 valence electrons. The molecule has 0 unspecified atom stereocenters. The summed E-state index contributed by atoms with van der Waals surface area (Å²) in [5.74, 6) is 0.366. The zero-order chi connectivity index (χ0) is 10.8. The van der Waals surface area contributed by atoms with Gasteiger partial charge in [-0.05, 0) is 13.8 Å². The monoisotopic (exact) mass is 205 g/mol. The second-order valence-electron chi connectivity index (χ2n) is 3.13. The molecule has 2 aromatic rings. The number of imidazole rings is 1. The highest BCUT2D eigenvalue weighted by atomic mass is 16.5. The molecular formula is C10H11N3O2. The summed E-state index contributed by atoms with van der Waals surface area (Å²) in [4.78, 5) is 22.7. The Morgan fingerprint density at radius 3 is 3.07 bits per heavy atom. The number of aromatic nitrogens is 3. The van der Waals surface area contributed by atoms with Crippen molar-refractivity contribution in [2.24, 2.45) is 0 Å². The highest BCUT2D eigenvalue weighted by Gasteiger charge is 2.13. The summed E-state index contributed by atoms with van der Waals surface area (Å²) in [5.41, 5.74) is 1.76. The maximum absolute atomic E-state index is 11.6. The summed E-state index contributed by atoms with van der Waals surface area (Å²) in [7, 11) is 0. The van der Waals surface area contributed by atoms with Gasteiger partial charge in [-0.1, -0.05) is 0 Å². The molecular weight excluding hydrogens is 194 g/mol. The van der Waals surface area contributed by atoms with E-state index in [2.05, 4.69) is 15.0 Å². The lowest BCUT2D eigenvalue weighted by Gasteiger charge is -2.00. The maximum atomic E-state index is 11.6. The van der Waals surface area contributed by atoms with Crippen molar-refractivity contribution < 1.29 is 9.53 Å². The molecule has 15 heavy (non-hydrogen) atoms. The molecule has 0 atom stereocenters. The van der Waals surface area contributed by atoms with E-state index in [9.17, 15) is 4.79 Å². The van der Waals surface area contributed by atoms with E-state index in [4.69, 9.17) is 4.74 Å². The van der Waals surface area contributed by atoms with Crippen molar-refractivity contribution in [3.63, 3.8) is 0 Å². The molecule has 0 aliphatic carbocycles. The molecule has 0 saturated heterocycles. The number of nitrogens with zero attached hydrogens (tertiary/aromatic N) is 2. The van der Waals surface area contributed by atoms with Crippen molar-refractivity contribution in [2.45, 2.75) is 13.8 Å². The number of ether oxygens (including phenoxy) is 1. The summed E-state index contributed by atoms with van der Waals surface area (Å²) in [6.45, 7) is 3.94. The number of nitrogens with one attached hydrogen (secondary N) is 1. The van der Waals surface area contributed by atoms with E-state index >= 15 is 0 Å². The third-order valence-corrected chi connectivity index (χ3v) is 2.01. The molecule has 0 aromatic carbocycles. The number of aryl methyl sites for hydroxylation is 1. The van der Waals surface area contributed by atoms with Crippen molar-refractivity contribution in [3.05, 3.63) is 23.8 Å². The van der Waals surface area contributed by atoms with Crippen LogP contribution in [0.25, 0.3) is 11.0 Å². The Kier molecular flexibility index (Phi) is 2.37. The number of hydrogen-bond acceptors (Lipinski definition) is 4. The quantitative estimate of drug-likeness (QED) is 0.753. The fourth-order valence-corrected chi connectivity index (χ4v) is 1.41. The van der Waals surface area contributed by atoms with Gasteiger partial charge in [0.25, 0.3) is 0 Å². The molecule has 0 saturated carbocycles. The first kappa shape index (κ1) is 9.64. The number of aromatic amines is 1. The molecule has 5 heteroatoms. The van der Waals surface area contributed by atoms with E-state index in [1.807, 2.05) is 6.92 Å². The van der Waals surface area contributed by atoms with Gasteiger partial charge < -0.3 is 9.72 Å². The van der Waals surface area contributed by atoms with Gasteiger partial charge in [-0.3, -0.25) is 4.98 Å². The maximum Gasteiger partial charge on any atom is 0.341 e. The van der Waals surface area contributed by atoms with Crippen LogP contribution in [-0.4, -0.2) is 27.5 Å². The predicted octanol–water partition coefficient (Wildman–Crippen LogP) is 1.44.